The van der Waals surface area contributed by atoms with Crippen LogP contribution in [0, 0.1) is 0 Å². The fourth-order valence-electron chi connectivity index (χ4n) is 1.07. The molecule has 0 spiro atoms. The molecule has 0 aromatic heterocycles. The van der Waals surface area contributed by atoms with Crippen LogP contribution >= 0.6 is 0 Å². The molecular formula is C12H20O6Zr. The van der Waals surface area contributed by atoms with Crippen LogP contribution in [0.1, 0.15) is 52.4 Å². The van der Waals surface area contributed by atoms with E-state index < -0.39 is 11.9 Å². The Kier molecular flexibility index (Phi) is 18.6. The van der Waals surface area contributed by atoms with Gasteiger partial charge in [-0.1, -0.05) is 13.8 Å². The first kappa shape index (κ1) is 23.3. The number of carboxylic acid groups (broad SMARTS) is 2. The molecule has 0 radical (unpaired) electrons. The Morgan fingerprint density at radius 2 is 1.00 bits per heavy atom. The smallest absolute Gasteiger partial charge is 0.310 e. The molecular weight excluding hydrogens is 331 g/mol. The van der Waals surface area contributed by atoms with Gasteiger partial charge in [-0.15, -0.1) is 0 Å². The van der Waals surface area contributed by atoms with Gasteiger partial charge >= 0.3 is 11.9 Å². The third-order valence-corrected chi connectivity index (χ3v) is 1.75. The zero-order valence-corrected chi connectivity index (χ0v) is 13.7. The van der Waals surface area contributed by atoms with Gasteiger partial charge in [0, 0.05) is 39.0 Å². The van der Waals surface area contributed by atoms with Crippen LogP contribution in [0.3, 0.4) is 0 Å². The van der Waals surface area contributed by atoms with Crippen molar-refractivity contribution < 1.29 is 55.6 Å². The van der Waals surface area contributed by atoms with Crippen LogP contribution in [0.25, 0.3) is 0 Å². The van der Waals surface area contributed by atoms with Crippen LogP contribution in [0.2, 0.25) is 0 Å². The molecule has 0 heterocycles. The molecule has 0 saturated heterocycles. The molecule has 19 heavy (non-hydrogen) atoms. The first-order valence-corrected chi connectivity index (χ1v) is 5.80. The van der Waals surface area contributed by atoms with Gasteiger partial charge in [0.2, 0.25) is 0 Å². The van der Waals surface area contributed by atoms with E-state index in [-0.39, 0.29) is 50.6 Å². The summed E-state index contributed by atoms with van der Waals surface area (Å²) in [5, 5.41) is 16.2. The van der Waals surface area contributed by atoms with E-state index in [0.717, 1.165) is 12.8 Å². The van der Waals surface area contributed by atoms with E-state index >= 15 is 0 Å². The van der Waals surface area contributed by atoms with Gasteiger partial charge in [0.15, 0.2) is 0 Å². The van der Waals surface area contributed by atoms with E-state index in [9.17, 15) is 19.2 Å². The molecule has 0 aromatic carbocycles. The van der Waals surface area contributed by atoms with Gasteiger partial charge in [-0.05, 0) is 12.8 Å². The van der Waals surface area contributed by atoms with Crippen molar-refractivity contribution in [2.45, 2.75) is 52.4 Å². The standard InChI is InChI=1S/2C6H10O3.Zr/c2*1-2-3-5(7)4-6(8)9;/h2*2-4H2,1H3,(H,8,9);. The Labute approximate surface area is 131 Å². The third kappa shape index (κ3) is 22.8. The van der Waals surface area contributed by atoms with Gasteiger partial charge in [0.05, 0.1) is 0 Å². The maximum absolute atomic E-state index is 10.5. The molecule has 0 amide bonds. The predicted octanol–water partition coefficient (Wildman–Crippen LogP) is 1.66. The van der Waals surface area contributed by atoms with Crippen LogP contribution in [-0.2, 0) is 45.4 Å². The third-order valence-electron chi connectivity index (χ3n) is 1.75. The SMILES string of the molecule is CCCC(=O)CC(=O)O.CCCC(=O)CC(=O)O.[Zr]. The second kappa shape index (κ2) is 15.2. The zero-order chi connectivity index (χ0) is 14.6. The largest absolute Gasteiger partial charge is 0.481 e. The van der Waals surface area contributed by atoms with Gasteiger partial charge < -0.3 is 10.2 Å². The summed E-state index contributed by atoms with van der Waals surface area (Å²) in [4.78, 5) is 40.7. The topological polar surface area (TPSA) is 109 Å². The van der Waals surface area contributed by atoms with Crippen LogP contribution in [0.4, 0.5) is 0 Å². The summed E-state index contributed by atoms with van der Waals surface area (Å²) < 4.78 is 0. The maximum Gasteiger partial charge on any atom is 0.310 e. The molecule has 0 aliphatic carbocycles. The van der Waals surface area contributed by atoms with E-state index in [0.29, 0.717) is 12.8 Å². The van der Waals surface area contributed by atoms with E-state index in [1.54, 1.807) is 0 Å². The number of ketones is 2. The average Bonchev–Trinajstić information content (AvgIpc) is 2.16. The minimum absolute atomic E-state index is 0. The molecule has 0 aromatic rings. The quantitative estimate of drug-likeness (QED) is 0.644. The number of carboxylic acids is 2. The number of hydrogen-bond acceptors (Lipinski definition) is 4. The number of hydrogen-bond donors (Lipinski definition) is 2. The molecule has 108 valence electrons. The van der Waals surface area contributed by atoms with Crippen molar-refractivity contribution in [2.24, 2.45) is 0 Å². The summed E-state index contributed by atoms with van der Waals surface area (Å²) in [5.74, 6) is -2.45. The summed E-state index contributed by atoms with van der Waals surface area (Å²) in [6, 6.07) is 0. The summed E-state index contributed by atoms with van der Waals surface area (Å²) in [5.41, 5.74) is 0. The van der Waals surface area contributed by atoms with E-state index in [1.807, 2.05) is 13.8 Å². The predicted molar refractivity (Wildman–Crippen MR) is 64.3 cm³/mol. The van der Waals surface area contributed by atoms with Gasteiger partial charge in [-0.3, -0.25) is 19.2 Å². The average molecular weight is 352 g/mol. The number of rotatable bonds is 8. The number of aliphatic carboxylic acids is 2. The van der Waals surface area contributed by atoms with E-state index in [2.05, 4.69) is 0 Å². The Balaban J connectivity index is -0.000000256. The Morgan fingerprint density at radius 3 is 1.16 bits per heavy atom. The molecule has 7 heteroatoms. The molecule has 0 unspecified atom stereocenters. The molecule has 0 rings (SSSR count). The van der Waals surface area contributed by atoms with E-state index in [4.69, 9.17) is 10.2 Å². The summed E-state index contributed by atoms with van der Waals surface area (Å²) in [6.45, 7) is 3.69. The van der Waals surface area contributed by atoms with Gasteiger partial charge in [0.1, 0.15) is 24.4 Å². The van der Waals surface area contributed by atoms with Crippen molar-refractivity contribution >= 4 is 23.5 Å². The molecule has 0 saturated carbocycles. The van der Waals surface area contributed by atoms with Crippen LogP contribution in [0.5, 0.6) is 0 Å². The van der Waals surface area contributed by atoms with Crippen molar-refractivity contribution in [1.82, 2.24) is 0 Å². The second-order valence-corrected chi connectivity index (χ2v) is 3.72. The van der Waals surface area contributed by atoms with Crippen molar-refractivity contribution in [1.29, 1.82) is 0 Å². The Hall–Kier alpha value is -0.837. The molecule has 0 fully saturated rings. The fourth-order valence-corrected chi connectivity index (χ4v) is 1.07. The van der Waals surface area contributed by atoms with Crippen molar-refractivity contribution in [3.05, 3.63) is 0 Å². The maximum atomic E-state index is 10.5. The normalized spacial score (nSPS) is 8.53. The van der Waals surface area contributed by atoms with E-state index in [1.165, 1.54) is 0 Å². The molecule has 0 atom stereocenters. The minimum Gasteiger partial charge on any atom is -0.481 e. The zero-order valence-electron chi connectivity index (χ0n) is 11.3. The molecule has 0 bridgehead atoms. The Morgan fingerprint density at radius 1 is 0.737 bits per heavy atom. The molecule has 2 N–H and O–H groups in total. The number of carbonyl (C=O) groups excluding carboxylic acids is 2. The minimum atomic E-state index is -1.03. The van der Waals surface area contributed by atoms with Crippen molar-refractivity contribution in [3.8, 4) is 0 Å². The van der Waals surface area contributed by atoms with Crippen LogP contribution in [0.15, 0.2) is 0 Å². The Bertz CT molecular complexity index is 271. The summed E-state index contributed by atoms with van der Waals surface area (Å²) >= 11 is 0. The summed E-state index contributed by atoms with van der Waals surface area (Å²) in [7, 11) is 0. The van der Waals surface area contributed by atoms with Gasteiger partial charge in [-0.2, -0.15) is 0 Å². The summed E-state index contributed by atoms with van der Waals surface area (Å²) in [6.07, 6.45) is 1.57. The van der Waals surface area contributed by atoms with Gasteiger partial charge in [-0.25, -0.2) is 0 Å². The van der Waals surface area contributed by atoms with Crippen LogP contribution < -0.4 is 0 Å². The first-order valence-electron chi connectivity index (χ1n) is 5.80. The number of carbonyl (C=O) groups is 4. The van der Waals surface area contributed by atoms with Crippen molar-refractivity contribution in [2.75, 3.05) is 0 Å². The molecule has 0 aliphatic rings. The monoisotopic (exact) mass is 350 g/mol. The molecule has 6 nitrogen and oxygen atoms in total. The molecule has 0 aliphatic heterocycles. The number of Topliss-reactive ketones (excluding diaryl/α,β-unsaturated/α-hetero) is 2. The van der Waals surface area contributed by atoms with Crippen LogP contribution in [-0.4, -0.2) is 33.7 Å². The second-order valence-electron chi connectivity index (χ2n) is 3.72. The fraction of sp³-hybridized carbons (Fsp3) is 0.667. The van der Waals surface area contributed by atoms with Gasteiger partial charge in [0.25, 0.3) is 0 Å². The van der Waals surface area contributed by atoms with Crippen molar-refractivity contribution in [3.63, 3.8) is 0 Å². The first-order chi connectivity index (χ1) is 8.33.